The Bertz CT molecular complexity index is 1280. The van der Waals surface area contributed by atoms with Gasteiger partial charge in [-0.3, -0.25) is 9.59 Å². The van der Waals surface area contributed by atoms with E-state index in [0.717, 1.165) is 49.5 Å². The first-order valence-electron chi connectivity index (χ1n) is 16.4. The molecule has 1 aliphatic heterocycles. The van der Waals surface area contributed by atoms with Crippen molar-refractivity contribution in [1.29, 1.82) is 0 Å². The number of unbranched alkanes of at least 4 members (excludes halogenated alkanes) is 3. The summed E-state index contributed by atoms with van der Waals surface area (Å²) in [5.41, 5.74) is -5.70. The van der Waals surface area contributed by atoms with E-state index in [1.54, 1.807) is 0 Å². The van der Waals surface area contributed by atoms with Crippen molar-refractivity contribution in [2.75, 3.05) is 21.0 Å². The molecule has 0 radical (unpaired) electrons. The van der Waals surface area contributed by atoms with Gasteiger partial charge in [-0.15, -0.1) is 0 Å². The Morgan fingerprint density at radius 1 is 0.837 bits per heavy atom. The van der Waals surface area contributed by atoms with Crippen LogP contribution in [-0.2, 0) is 45.6 Å². The van der Waals surface area contributed by atoms with Gasteiger partial charge in [-0.1, -0.05) is 0 Å². The molecular formula is C33H46F6N2O7Sn. The van der Waals surface area contributed by atoms with Crippen LogP contribution in [-0.4, -0.2) is 85.3 Å². The van der Waals surface area contributed by atoms with Crippen LogP contribution in [0.2, 0.25) is 13.3 Å². The van der Waals surface area contributed by atoms with E-state index in [0.29, 0.717) is 32.6 Å². The van der Waals surface area contributed by atoms with Gasteiger partial charge in [0.15, 0.2) is 0 Å². The number of nitrogens with zero attached hydrogens (tertiary/aromatic N) is 2. The van der Waals surface area contributed by atoms with Crippen molar-refractivity contribution < 1.29 is 59.8 Å². The van der Waals surface area contributed by atoms with Gasteiger partial charge in [-0.2, -0.15) is 0 Å². The fourth-order valence-electron chi connectivity index (χ4n) is 6.01. The van der Waals surface area contributed by atoms with Crippen LogP contribution in [0, 0.1) is 0 Å². The van der Waals surface area contributed by atoms with Gasteiger partial charge in [0.25, 0.3) is 11.8 Å². The number of rotatable bonds is 20. The quantitative estimate of drug-likeness (QED) is 0.0618. The number of methoxy groups -OCH3 is 1. The standard InChI is InChI=1S/C21H19F6N2O7.3C4H9.Sn/c1-28(15(30)8-9-18(33)36-29-16(31)6-7-17(29)32)11-13-4-3-5-14(10-13)19(20(22,23)24,21(25,26)27)35-12-34-2;3*1-3-4-2;/h3-4,6-7,10H,8-9,11-12H2,1-2H3;3*1,3-4H2,2H3;. The van der Waals surface area contributed by atoms with Crippen LogP contribution >= 0.6 is 0 Å². The fourth-order valence-corrected chi connectivity index (χ4v) is 22.9. The first-order valence-corrected chi connectivity index (χ1v) is 23.8. The maximum absolute atomic E-state index is 15.1. The zero-order valence-electron chi connectivity index (χ0n) is 28.6. The molecule has 0 spiro atoms. The molecule has 0 N–H and O–H groups in total. The third-order valence-electron chi connectivity index (χ3n) is 8.60. The summed E-state index contributed by atoms with van der Waals surface area (Å²) in [5, 5.41) is 0.228. The summed E-state index contributed by atoms with van der Waals surface area (Å²) >= 11 is -4.06. The Kier molecular flexibility index (Phi) is 16.1. The molecule has 0 aliphatic carbocycles. The molecule has 2 rings (SSSR count). The monoisotopic (exact) mass is 816 g/mol. The van der Waals surface area contributed by atoms with Crippen molar-refractivity contribution in [1.82, 2.24) is 9.96 Å². The van der Waals surface area contributed by atoms with Gasteiger partial charge in [0, 0.05) is 12.2 Å². The second-order valence-corrected chi connectivity index (χ2v) is 25.3. The SMILES string of the molecule is CCC[CH2][Sn]([CH2]CCC)([CH2]CCC)[c]1ccc(CN(C)C(=O)CCC(=O)ON2C(=O)C=CC2=O)cc1C(OCOC)(C(F)(F)F)C(F)(F)F. The zero-order chi connectivity index (χ0) is 37.0. The molecule has 0 aromatic heterocycles. The molecule has 0 fully saturated rings. The van der Waals surface area contributed by atoms with Gasteiger partial charge in [0.05, 0.1) is 0 Å². The number of hydroxylamine groups is 2. The van der Waals surface area contributed by atoms with Crippen LogP contribution in [0.4, 0.5) is 26.3 Å². The normalized spacial score (nSPS) is 14.1. The molecule has 0 bridgehead atoms. The number of hydrogen-bond donors (Lipinski definition) is 0. The Hall–Kier alpha value is -2.66. The molecule has 1 aromatic carbocycles. The minimum absolute atomic E-state index is 0.00272. The van der Waals surface area contributed by atoms with Gasteiger partial charge in [-0.05, 0) is 0 Å². The summed E-state index contributed by atoms with van der Waals surface area (Å²) < 4.78 is 102. The zero-order valence-corrected chi connectivity index (χ0v) is 31.5. The van der Waals surface area contributed by atoms with Crippen LogP contribution in [0.3, 0.4) is 0 Å². The molecule has 0 saturated heterocycles. The molecule has 3 amide bonds. The van der Waals surface area contributed by atoms with Crippen LogP contribution in [0.1, 0.15) is 83.3 Å². The molecule has 0 unspecified atom stereocenters. The molecule has 16 heteroatoms. The minimum atomic E-state index is -5.93. The van der Waals surface area contributed by atoms with Crippen LogP contribution in [0.25, 0.3) is 0 Å². The van der Waals surface area contributed by atoms with E-state index in [-0.39, 0.29) is 20.8 Å². The average Bonchev–Trinajstić information content (AvgIpc) is 3.34. The molecule has 0 atom stereocenters. The molecule has 1 aromatic rings. The number of halogens is 6. The fraction of sp³-hybridized carbons (Fsp3) is 0.636. The van der Waals surface area contributed by atoms with E-state index in [1.165, 1.54) is 19.2 Å². The molecule has 1 aliphatic rings. The molecule has 0 saturated carbocycles. The molecule has 49 heavy (non-hydrogen) atoms. The predicted molar refractivity (Wildman–Crippen MR) is 171 cm³/mol. The molecular weight excluding hydrogens is 769 g/mol. The van der Waals surface area contributed by atoms with Crippen molar-refractivity contribution in [2.24, 2.45) is 0 Å². The second-order valence-electron chi connectivity index (χ2n) is 12.2. The number of carbonyl (C=O) groups is 4. The molecule has 1 heterocycles. The van der Waals surface area contributed by atoms with E-state index < -0.39 is 85.2 Å². The van der Waals surface area contributed by atoms with Crippen molar-refractivity contribution in [3.8, 4) is 0 Å². The van der Waals surface area contributed by atoms with Crippen LogP contribution < -0.4 is 3.58 Å². The number of amides is 3. The van der Waals surface area contributed by atoms with E-state index in [4.69, 9.17) is 9.57 Å². The van der Waals surface area contributed by atoms with Crippen molar-refractivity contribution >= 4 is 45.6 Å². The Morgan fingerprint density at radius 3 is 1.80 bits per heavy atom. The van der Waals surface area contributed by atoms with E-state index in [1.807, 2.05) is 20.8 Å². The first-order chi connectivity index (χ1) is 22.9. The number of imide groups is 1. The van der Waals surface area contributed by atoms with Gasteiger partial charge in [-0.25, -0.2) is 0 Å². The summed E-state index contributed by atoms with van der Waals surface area (Å²) in [6, 6.07) is 3.74. The predicted octanol–water partition coefficient (Wildman–Crippen LogP) is 6.80. The number of ether oxygens (including phenoxy) is 2. The Labute approximate surface area is 287 Å². The Morgan fingerprint density at radius 2 is 1.35 bits per heavy atom. The van der Waals surface area contributed by atoms with E-state index in [9.17, 15) is 19.2 Å². The second kappa shape index (κ2) is 18.5. The summed E-state index contributed by atoms with van der Waals surface area (Å²) in [7, 11) is 2.23. The summed E-state index contributed by atoms with van der Waals surface area (Å²) in [6.45, 7) is 4.15. The van der Waals surface area contributed by atoms with E-state index in [2.05, 4.69) is 4.74 Å². The van der Waals surface area contributed by atoms with Crippen molar-refractivity contribution in [2.45, 2.75) is 110 Å². The maximum atomic E-state index is 15.1. The summed E-state index contributed by atoms with van der Waals surface area (Å²) in [4.78, 5) is 54.0. The van der Waals surface area contributed by atoms with Gasteiger partial charge >= 0.3 is 254 Å². The third-order valence-corrected chi connectivity index (χ3v) is 24.3. The van der Waals surface area contributed by atoms with E-state index >= 15 is 26.3 Å². The number of alkyl halides is 6. The van der Waals surface area contributed by atoms with Crippen molar-refractivity contribution in [3.05, 3.63) is 41.5 Å². The van der Waals surface area contributed by atoms with Crippen LogP contribution in [0.5, 0.6) is 0 Å². The average molecular weight is 815 g/mol. The van der Waals surface area contributed by atoms with Gasteiger partial charge in [0.2, 0.25) is 0 Å². The molecule has 9 nitrogen and oxygen atoms in total. The number of benzene rings is 1. The van der Waals surface area contributed by atoms with Crippen LogP contribution in [0.15, 0.2) is 30.4 Å². The topological polar surface area (TPSA) is 102 Å². The Balaban J connectivity index is 2.64. The van der Waals surface area contributed by atoms with Crippen molar-refractivity contribution in [3.63, 3.8) is 0 Å². The summed E-state index contributed by atoms with van der Waals surface area (Å²) in [5.74, 6) is -3.51. The summed E-state index contributed by atoms with van der Waals surface area (Å²) in [6.07, 6.45) is -6.87. The van der Waals surface area contributed by atoms with Gasteiger partial charge < -0.3 is 0 Å². The molecule has 276 valence electrons. The number of hydrogen-bond acceptors (Lipinski definition) is 7. The number of carbonyl (C=O) groups excluding carboxylic acids is 4. The first kappa shape index (κ1) is 42.5. The van der Waals surface area contributed by atoms with Gasteiger partial charge in [0.1, 0.15) is 0 Å². The third kappa shape index (κ3) is 10.4.